The molecule has 2 atom stereocenters. The quantitative estimate of drug-likeness (QED) is 0.215. The van der Waals surface area contributed by atoms with E-state index in [1.165, 1.54) is 32.1 Å². The van der Waals surface area contributed by atoms with Gasteiger partial charge >= 0.3 is 0 Å². The average Bonchev–Trinajstić information content (AvgIpc) is 2.93. The summed E-state index contributed by atoms with van der Waals surface area (Å²) in [5.41, 5.74) is 11.0. The number of amides is 1. The number of primary amides is 1. The molecule has 1 aliphatic heterocycles. The van der Waals surface area contributed by atoms with Crippen LogP contribution in [0.15, 0.2) is 4.99 Å². The molecule has 1 aliphatic rings. The fourth-order valence-corrected chi connectivity index (χ4v) is 2.43. The summed E-state index contributed by atoms with van der Waals surface area (Å²) in [4.78, 5) is 15.2. The van der Waals surface area contributed by atoms with E-state index in [0.717, 1.165) is 19.4 Å². The molecule has 1 saturated heterocycles. The second-order valence-electron chi connectivity index (χ2n) is 5.65. The Morgan fingerprint density at radius 3 is 2.50 bits per heavy atom. The zero-order valence-corrected chi connectivity index (χ0v) is 15.9. The summed E-state index contributed by atoms with van der Waals surface area (Å²) in [6, 6.07) is 0. The third-order valence-electron chi connectivity index (χ3n) is 3.73. The van der Waals surface area contributed by atoms with Gasteiger partial charge in [0.1, 0.15) is 6.10 Å². The number of nitrogens with two attached hydrogens (primary N) is 2. The molecule has 2 unspecified atom stereocenters. The molecule has 1 fully saturated rings. The number of hydrogen-bond donors (Lipinski definition) is 3. The highest BCUT2D eigenvalue weighted by Crippen LogP contribution is 2.19. The van der Waals surface area contributed by atoms with E-state index in [4.69, 9.17) is 16.2 Å². The lowest BCUT2D eigenvalue weighted by molar-refractivity contribution is -0.128. The van der Waals surface area contributed by atoms with E-state index in [0.29, 0.717) is 18.9 Å². The number of halogens is 1. The van der Waals surface area contributed by atoms with Crippen LogP contribution in [0.2, 0.25) is 0 Å². The lowest BCUT2D eigenvalue weighted by Crippen LogP contribution is -2.33. The zero-order chi connectivity index (χ0) is 15.5. The van der Waals surface area contributed by atoms with Gasteiger partial charge in [-0.15, -0.1) is 24.0 Å². The Hall–Kier alpha value is -0.570. The largest absolute Gasteiger partial charge is 0.370 e. The van der Waals surface area contributed by atoms with E-state index in [-0.39, 0.29) is 30.1 Å². The highest BCUT2D eigenvalue weighted by molar-refractivity contribution is 14.0. The third kappa shape index (κ3) is 9.45. The standard InChI is InChI=1S/C15H30N4O2.HI/c1-2-3-4-5-6-7-10-18-15(17)19-11-12-8-9-13(21-12)14(16)20;/h12-13H,2-11H2,1H3,(H2,16,20)(H3,17,18,19);1H. The van der Waals surface area contributed by atoms with Gasteiger partial charge in [0.2, 0.25) is 5.91 Å². The van der Waals surface area contributed by atoms with Crippen LogP contribution in [0.3, 0.4) is 0 Å². The molecule has 0 aromatic carbocycles. The van der Waals surface area contributed by atoms with Gasteiger partial charge in [-0.2, -0.15) is 0 Å². The molecule has 0 spiro atoms. The van der Waals surface area contributed by atoms with Crippen molar-refractivity contribution in [3.63, 3.8) is 0 Å². The van der Waals surface area contributed by atoms with Gasteiger partial charge < -0.3 is 21.5 Å². The number of hydrogen-bond acceptors (Lipinski definition) is 3. The Balaban J connectivity index is 0.00000441. The van der Waals surface area contributed by atoms with Gasteiger partial charge in [-0.3, -0.25) is 9.79 Å². The second kappa shape index (κ2) is 12.9. The van der Waals surface area contributed by atoms with Crippen molar-refractivity contribution in [2.45, 2.75) is 70.5 Å². The van der Waals surface area contributed by atoms with Crippen molar-refractivity contribution in [2.75, 3.05) is 13.1 Å². The van der Waals surface area contributed by atoms with Crippen molar-refractivity contribution in [1.29, 1.82) is 0 Å². The Labute approximate surface area is 150 Å². The van der Waals surface area contributed by atoms with Crippen LogP contribution in [0.4, 0.5) is 0 Å². The fraction of sp³-hybridized carbons (Fsp3) is 0.867. The molecule has 0 radical (unpaired) electrons. The minimum Gasteiger partial charge on any atom is -0.370 e. The van der Waals surface area contributed by atoms with Gasteiger partial charge in [-0.1, -0.05) is 39.0 Å². The van der Waals surface area contributed by atoms with Crippen LogP contribution in [0, 0.1) is 0 Å². The van der Waals surface area contributed by atoms with E-state index in [2.05, 4.69) is 17.2 Å². The first-order valence-electron chi connectivity index (χ1n) is 8.12. The lowest BCUT2D eigenvalue weighted by atomic mass is 10.1. The summed E-state index contributed by atoms with van der Waals surface area (Å²) in [5, 5.41) is 3.11. The summed E-state index contributed by atoms with van der Waals surface area (Å²) < 4.78 is 5.49. The van der Waals surface area contributed by atoms with Crippen molar-refractivity contribution in [3.05, 3.63) is 0 Å². The topological polar surface area (TPSA) is 103 Å². The smallest absolute Gasteiger partial charge is 0.246 e. The van der Waals surface area contributed by atoms with E-state index in [1.807, 2.05) is 0 Å². The molecule has 1 rings (SSSR count). The number of rotatable bonds is 10. The zero-order valence-electron chi connectivity index (χ0n) is 13.6. The van der Waals surface area contributed by atoms with Crippen molar-refractivity contribution < 1.29 is 9.53 Å². The van der Waals surface area contributed by atoms with E-state index < -0.39 is 12.0 Å². The van der Waals surface area contributed by atoms with E-state index >= 15 is 0 Å². The normalized spacial score (nSPS) is 21.4. The molecule has 0 aliphatic carbocycles. The van der Waals surface area contributed by atoms with Crippen molar-refractivity contribution in [1.82, 2.24) is 5.32 Å². The molecule has 0 aromatic heterocycles. The Morgan fingerprint density at radius 2 is 1.86 bits per heavy atom. The average molecular weight is 426 g/mol. The van der Waals surface area contributed by atoms with Crippen LogP contribution in [-0.4, -0.2) is 37.2 Å². The van der Waals surface area contributed by atoms with E-state index in [1.54, 1.807) is 0 Å². The first-order chi connectivity index (χ1) is 10.1. The number of aliphatic imine (C=N–C) groups is 1. The molecular weight excluding hydrogens is 395 g/mol. The summed E-state index contributed by atoms with van der Waals surface area (Å²) in [7, 11) is 0. The number of nitrogens with one attached hydrogen (secondary N) is 1. The number of ether oxygens (including phenoxy) is 1. The van der Waals surface area contributed by atoms with Gasteiger partial charge in [0.15, 0.2) is 5.96 Å². The summed E-state index contributed by atoms with van der Waals surface area (Å²) in [6.07, 6.45) is 8.54. The summed E-state index contributed by atoms with van der Waals surface area (Å²) in [6.45, 7) is 3.56. The molecule has 0 bridgehead atoms. The maximum Gasteiger partial charge on any atom is 0.246 e. The van der Waals surface area contributed by atoms with Gasteiger partial charge in [0.05, 0.1) is 12.6 Å². The monoisotopic (exact) mass is 426 g/mol. The predicted octanol–water partition coefficient (Wildman–Crippen LogP) is 1.90. The molecule has 130 valence electrons. The molecule has 1 heterocycles. The molecule has 0 aromatic rings. The SMILES string of the molecule is CCCCCCCCNC(N)=NCC1CCC(C(N)=O)O1.I. The highest BCUT2D eigenvalue weighted by atomic mass is 127. The molecule has 5 N–H and O–H groups in total. The number of carbonyl (C=O) groups excluding carboxylic acids is 1. The summed E-state index contributed by atoms with van der Waals surface area (Å²) in [5.74, 6) is 0.0605. The molecule has 6 nitrogen and oxygen atoms in total. The van der Waals surface area contributed by atoms with Crippen LogP contribution in [0.25, 0.3) is 0 Å². The second-order valence-corrected chi connectivity index (χ2v) is 5.65. The fourth-order valence-electron chi connectivity index (χ4n) is 2.43. The molecule has 7 heteroatoms. The first kappa shape index (κ1) is 21.4. The Bertz CT molecular complexity index is 340. The van der Waals surface area contributed by atoms with E-state index in [9.17, 15) is 4.79 Å². The number of guanidine groups is 1. The maximum absolute atomic E-state index is 11.0. The van der Waals surface area contributed by atoms with Gasteiger partial charge in [0.25, 0.3) is 0 Å². The first-order valence-corrected chi connectivity index (χ1v) is 8.12. The molecule has 22 heavy (non-hydrogen) atoms. The Morgan fingerprint density at radius 1 is 1.18 bits per heavy atom. The number of carbonyl (C=O) groups is 1. The van der Waals surface area contributed by atoms with Gasteiger partial charge in [-0.05, 0) is 19.3 Å². The molecule has 0 saturated carbocycles. The third-order valence-corrected chi connectivity index (χ3v) is 3.73. The van der Waals surface area contributed by atoms with Crippen molar-refractivity contribution in [3.8, 4) is 0 Å². The number of unbranched alkanes of at least 4 members (excludes halogenated alkanes) is 5. The van der Waals surface area contributed by atoms with Gasteiger partial charge in [0, 0.05) is 6.54 Å². The van der Waals surface area contributed by atoms with Crippen LogP contribution < -0.4 is 16.8 Å². The van der Waals surface area contributed by atoms with Crippen molar-refractivity contribution in [2.24, 2.45) is 16.5 Å². The summed E-state index contributed by atoms with van der Waals surface area (Å²) >= 11 is 0. The van der Waals surface area contributed by atoms with Crippen LogP contribution in [-0.2, 0) is 9.53 Å². The lowest BCUT2D eigenvalue weighted by Gasteiger charge is -2.10. The Kier molecular flexibility index (Phi) is 12.6. The van der Waals surface area contributed by atoms with Gasteiger partial charge in [-0.25, -0.2) is 0 Å². The van der Waals surface area contributed by atoms with Crippen LogP contribution in [0.5, 0.6) is 0 Å². The number of nitrogens with zero attached hydrogens (tertiary/aromatic N) is 1. The highest BCUT2D eigenvalue weighted by Gasteiger charge is 2.28. The van der Waals surface area contributed by atoms with Crippen molar-refractivity contribution >= 4 is 35.8 Å². The molecular formula is C15H31IN4O2. The predicted molar refractivity (Wildman–Crippen MR) is 100 cm³/mol. The maximum atomic E-state index is 11.0. The molecule has 1 amide bonds. The van der Waals surface area contributed by atoms with Crippen LogP contribution >= 0.6 is 24.0 Å². The van der Waals surface area contributed by atoms with Crippen LogP contribution in [0.1, 0.15) is 58.3 Å². The minimum absolute atomic E-state index is 0. The minimum atomic E-state index is -0.456.